The molecular weight excluding hydrogens is 422 g/mol. The molecule has 0 unspecified atom stereocenters. The lowest BCUT2D eigenvalue weighted by molar-refractivity contribution is -0.116. The number of nitrogens with one attached hydrogen (secondary N) is 2. The van der Waals surface area contributed by atoms with Gasteiger partial charge in [0.05, 0.1) is 12.2 Å². The maximum atomic E-state index is 12.5. The Morgan fingerprint density at radius 1 is 0.938 bits per heavy atom. The number of rotatable bonds is 8. The van der Waals surface area contributed by atoms with Crippen LogP contribution in [0.15, 0.2) is 41.6 Å². The molecule has 8 heteroatoms. The minimum absolute atomic E-state index is 0.108. The van der Waals surface area contributed by atoms with Crippen LogP contribution in [0.2, 0.25) is 0 Å². The number of hydrogen-bond donors (Lipinski definition) is 2. The zero-order valence-electron chi connectivity index (χ0n) is 19.2. The Balaban J connectivity index is 1.60. The second-order valence-electron chi connectivity index (χ2n) is 7.75. The topological polar surface area (TPSA) is 88.9 Å². The number of aryl methyl sites for hydroxylation is 3. The van der Waals surface area contributed by atoms with Crippen molar-refractivity contribution in [2.75, 3.05) is 16.4 Å². The molecule has 2 aromatic carbocycles. The number of carbonyl (C=O) groups excluding carboxylic acids is 2. The van der Waals surface area contributed by atoms with Gasteiger partial charge in [-0.1, -0.05) is 30.0 Å². The molecule has 168 valence electrons. The number of carbonyl (C=O) groups is 2. The third-order valence-electron chi connectivity index (χ3n) is 5.43. The fourth-order valence-corrected chi connectivity index (χ4v) is 4.07. The fourth-order valence-electron chi connectivity index (χ4n) is 3.25. The minimum Gasteiger partial charge on any atom is -0.326 e. The third-order valence-corrected chi connectivity index (χ3v) is 6.40. The molecule has 0 aliphatic heterocycles. The SMILES string of the molecule is CCn1c(CC(=O)Nc2ccc(C)c(C)c2)nnc1SCC(=O)Nc1cccc(C)c1C. The van der Waals surface area contributed by atoms with Crippen LogP contribution in [0, 0.1) is 27.7 Å². The molecule has 0 saturated heterocycles. The normalized spacial score (nSPS) is 10.8. The monoisotopic (exact) mass is 451 g/mol. The highest BCUT2D eigenvalue weighted by molar-refractivity contribution is 7.99. The second-order valence-corrected chi connectivity index (χ2v) is 8.69. The standard InChI is InChI=1S/C24H29N5O2S/c1-6-29-21(13-22(30)25-19-11-10-15(2)17(4)12-19)27-28-24(29)32-14-23(31)26-20-9-7-8-16(3)18(20)5/h7-12H,6,13-14H2,1-5H3,(H,25,30)(H,26,31). The van der Waals surface area contributed by atoms with Crippen molar-refractivity contribution in [3.8, 4) is 0 Å². The maximum Gasteiger partial charge on any atom is 0.234 e. The summed E-state index contributed by atoms with van der Waals surface area (Å²) in [5, 5.41) is 14.9. The van der Waals surface area contributed by atoms with Gasteiger partial charge in [-0.2, -0.15) is 0 Å². The van der Waals surface area contributed by atoms with Crippen LogP contribution >= 0.6 is 11.8 Å². The van der Waals surface area contributed by atoms with Gasteiger partial charge >= 0.3 is 0 Å². The highest BCUT2D eigenvalue weighted by atomic mass is 32.2. The van der Waals surface area contributed by atoms with Gasteiger partial charge in [-0.3, -0.25) is 9.59 Å². The molecule has 0 fully saturated rings. The Morgan fingerprint density at radius 2 is 1.72 bits per heavy atom. The first-order chi connectivity index (χ1) is 15.3. The molecule has 0 atom stereocenters. The summed E-state index contributed by atoms with van der Waals surface area (Å²) in [4.78, 5) is 25.0. The number of thioether (sulfide) groups is 1. The van der Waals surface area contributed by atoms with E-state index in [1.807, 2.05) is 75.6 Å². The molecule has 0 radical (unpaired) electrons. The fraction of sp³-hybridized carbons (Fsp3) is 0.333. The van der Waals surface area contributed by atoms with E-state index in [1.54, 1.807) is 0 Å². The van der Waals surface area contributed by atoms with Gasteiger partial charge in [0, 0.05) is 17.9 Å². The van der Waals surface area contributed by atoms with Crippen molar-refractivity contribution < 1.29 is 9.59 Å². The van der Waals surface area contributed by atoms with Gasteiger partial charge in [0.2, 0.25) is 11.8 Å². The maximum absolute atomic E-state index is 12.5. The molecule has 3 rings (SSSR count). The smallest absolute Gasteiger partial charge is 0.234 e. The molecule has 2 N–H and O–H groups in total. The van der Waals surface area contributed by atoms with Crippen molar-refractivity contribution in [2.24, 2.45) is 0 Å². The first kappa shape index (κ1) is 23.5. The number of anilines is 2. The van der Waals surface area contributed by atoms with Crippen molar-refractivity contribution in [2.45, 2.75) is 52.7 Å². The van der Waals surface area contributed by atoms with E-state index in [4.69, 9.17) is 0 Å². The molecule has 1 heterocycles. The van der Waals surface area contributed by atoms with E-state index in [0.717, 1.165) is 28.1 Å². The molecule has 3 aromatic rings. The van der Waals surface area contributed by atoms with Crippen molar-refractivity contribution >= 4 is 35.0 Å². The summed E-state index contributed by atoms with van der Waals surface area (Å²) in [6.07, 6.45) is 0.114. The van der Waals surface area contributed by atoms with E-state index in [9.17, 15) is 9.59 Å². The predicted molar refractivity (Wildman–Crippen MR) is 129 cm³/mol. The molecule has 1 aromatic heterocycles. The number of hydrogen-bond acceptors (Lipinski definition) is 5. The zero-order valence-corrected chi connectivity index (χ0v) is 20.0. The second kappa shape index (κ2) is 10.5. The minimum atomic E-state index is -0.153. The first-order valence-corrected chi connectivity index (χ1v) is 11.5. The molecule has 7 nitrogen and oxygen atoms in total. The largest absolute Gasteiger partial charge is 0.326 e. The van der Waals surface area contributed by atoms with Crippen LogP contribution in [0.25, 0.3) is 0 Å². The quantitative estimate of drug-likeness (QED) is 0.494. The van der Waals surface area contributed by atoms with Crippen molar-refractivity contribution in [1.29, 1.82) is 0 Å². The number of aromatic nitrogens is 3. The van der Waals surface area contributed by atoms with Gasteiger partial charge in [-0.05, 0) is 75.1 Å². The van der Waals surface area contributed by atoms with Gasteiger partial charge in [-0.25, -0.2) is 0 Å². The molecule has 0 saturated carbocycles. The van der Waals surface area contributed by atoms with Crippen LogP contribution in [0.5, 0.6) is 0 Å². The highest BCUT2D eigenvalue weighted by Crippen LogP contribution is 2.21. The highest BCUT2D eigenvalue weighted by Gasteiger charge is 2.16. The van der Waals surface area contributed by atoms with Gasteiger partial charge in [0.15, 0.2) is 5.16 Å². The average molecular weight is 452 g/mol. The Labute approximate surface area is 193 Å². The van der Waals surface area contributed by atoms with E-state index in [2.05, 4.69) is 20.8 Å². The Morgan fingerprint density at radius 3 is 2.44 bits per heavy atom. The van der Waals surface area contributed by atoms with Gasteiger partial charge < -0.3 is 15.2 Å². The van der Waals surface area contributed by atoms with Crippen LogP contribution in [0.4, 0.5) is 11.4 Å². The summed E-state index contributed by atoms with van der Waals surface area (Å²) >= 11 is 1.31. The Kier molecular flexibility index (Phi) is 7.69. The molecule has 0 spiro atoms. The zero-order chi connectivity index (χ0) is 23.3. The number of amides is 2. The van der Waals surface area contributed by atoms with Crippen molar-refractivity contribution in [3.63, 3.8) is 0 Å². The predicted octanol–water partition coefficient (Wildman–Crippen LogP) is 4.44. The lowest BCUT2D eigenvalue weighted by Crippen LogP contribution is -2.18. The van der Waals surface area contributed by atoms with Gasteiger partial charge in [-0.15, -0.1) is 10.2 Å². The van der Waals surface area contributed by atoms with E-state index in [1.165, 1.54) is 17.3 Å². The first-order valence-electron chi connectivity index (χ1n) is 10.6. The number of benzene rings is 2. The van der Waals surface area contributed by atoms with Crippen LogP contribution in [0.1, 0.15) is 35.0 Å². The lowest BCUT2D eigenvalue weighted by atomic mass is 10.1. The summed E-state index contributed by atoms with van der Waals surface area (Å²) in [6, 6.07) is 11.7. The molecular formula is C24H29N5O2S. The summed E-state index contributed by atoms with van der Waals surface area (Å²) < 4.78 is 1.87. The van der Waals surface area contributed by atoms with Crippen molar-refractivity contribution in [1.82, 2.24) is 14.8 Å². The van der Waals surface area contributed by atoms with Gasteiger partial charge in [0.1, 0.15) is 5.82 Å². The van der Waals surface area contributed by atoms with E-state index < -0.39 is 0 Å². The van der Waals surface area contributed by atoms with E-state index in [-0.39, 0.29) is 24.0 Å². The molecule has 32 heavy (non-hydrogen) atoms. The lowest BCUT2D eigenvalue weighted by Gasteiger charge is -2.11. The molecule has 0 aliphatic carbocycles. The molecule has 2 amide bonds. The average Bonchev–Trinajstić information content (AvgIpc) is 3.13. The Hall–Kier alpha value is -3.13. The van der Waals surface area contributed by atoms with Crippen molar-refractivity contribution in [3.05, 3.63) is 64.5 Å². The summed E-state index contributed by atoms with van der Waals surface area (Å²) in [5.41, 5.74) is 6.06. The van der Waals surface area contributed by atoms with Crippen LogP contribution in [0.3, 0.4) is 0 Å². The van der Waals surface area contributed by atoms with Crippen LogP contribution < -0.4 is 10.6 Å². The van der Waals surface area contributed by atoms with Crippen LogP contribution in [-0.4, -0.2) is 32.3 Å². The summed E-state index contributed by atoms with van der Waals surface area (Å²) in [7, 11) is 0. The third kappa shape index (κ3) is 5.76. The van der Waals surface area contributed by atoms with E-state index in [0.29, 0.717) is 17.5 Å². The number of nitrogens with zero attached hydrogens (tertiary/aromatic N) is 3. The Bertz CT molecular complexity index is 1140. The van der Waals surface area contributed by atoms with E-state index >= 15 is 0 Å². The molecule has 0 bridgehead atoms. The summed E-state index contributed by atoms with van der Waals surface area (Å²) in [6.45, 7) is 10.6. The van der Waals surface area contributed by atoms with Gasteiger partial charge in [0.25, 0.3) is 0 Å². The summed E-state index contributed by atoms with van der Waals surface area (Å²) in [5.74, 6) is 0.523. The van der Waals surface area contributed by atoms with Crippen LogP contribution in [-0.2, 0) is 22.6 Å². The molecule has 0 aliphatic rings.